The number of rotatable bonds is 2. The number of nitrogens with two attached hydrogens (primary N) is 1. The van der Waals surface area contributed by atoms with Crippen LogP contribution in [0.25, 0.3) is 0 Å². The van der Waals surface area contributed by atoms with Crippen molar-refractivity contribution in [2.24, 2.45) is 5.73 Å². The SMILES string of the molecule is Cc1ccc(C(F)(F)F)cc1NC(=O)C1(N)CCCC1. The zero-order valence-corrected chi connectivity index (χ0v) is 11.2. The third-order valence-electron chi connectivity index (χ3n) is 3.76. The number of nitrogens with one attached hydrogen (secondary N) is 1. The number of anilines is 1. The van der Waals surface area contributed by atoms with Crippen molar-refractivity contribution in [2.45, 2.75) is 44.3 Å². The zero-order valence-electron chi connectivity index (χ0n) is 11.2. The van der Waals surface area contributed by atoms with Crippen molar-refractivity contribution in [3.8, 4) is 0 Å². The molecule has 1 aromatic carbocycles. The molecule has 2 rings (SSSR count). The zero-order chi connectivity index (χ0) is 15.0. The van der Waals surface area contributed by atoms with Gasteiger partial charge in [0.2, 0.25) is 5.91 Å². The molecule has 1 aliphatic rings. The highest BCUT2D eigenvalue weighted by Gasteiger charge is 2.37. The Morgan fingerprint density at radius 2 is 1.90 bits per heavy atom. The Morgan fingerprint density at radius 3 is 2.45 bits per heavy atom. The first-order chi connectivity index (χ1) is 9.22. The van der Waals surface area contributed by atoms with E-state index in [1.807, 2.05) is 0 Å². The predicted octanol–water partition coefficient (Wildman–Crippen LogP) is 3.22. The van der Waals surface area contributed by atoms with Crippen LogP contribution in [0.4, 0.5) is 18.9 Å². The smallest absolute Gasteiger partial charge is 0.324 e. The minimum absolute atomic E-state index is 0.168. The molecule has 1 aliphatic carbocycles. The monoisotopic (exact) mass is 286 g/mol. The number of hydrogen-bond acceptors (Lipinski definition) is 2. The van der Waals surface area contributed by atoms with Gasteiger partial charge in [-0.15, -0.1) is 0 Å². The summed E-state index contributed by atoms with van der Waals surface area (Å²) in [5.74, 6) is -0.405. The standard InChI is InChI=1S/C14H17F3N2O/c1-9-4-5-10(14(15,16)17)8-11(9)19-12(20)13(18)6-2-3-7-13/h4-5,8H,2-3,6-7,18H2,1H3,(H,19,20). The van der Waals surface area contributed by atoms with Gasteiger partial charge < -0.3 is 11.1 Å². The molecule has 0 aliphatic heterocycles. The van der Waals surface area contributed by atoms with Gasteiger partial charge in [-0.1, -0.05) is 18.9 Å². The van der Waals surface area contributed by atoms with Crippen molar-refractivity contribution >= 4 is 11.6 Å². The van der Waals surface area contributed by atoms with Gasteiger partial charge in [0.25, 0.3) is 0 Å². The molecule has 20 heavy (non-hydrogen) atoms. The molecule has 3 N–H and O–H groups in total. The highest BCUT2D eigenvalue weighted by atomic mass is 19.4. The van der Waals surface area contributed by atoms with E-state index in [0.29, 0.717) is 18.4 Å². The lowest BCUT2D eigenvalue weighted by molar-refractivity contribution is -0.137. The summed E-state index contributed by atoms with van der Waals surface area (Å²) in [4.78, 5) is 12.1. The van der Waals surface area contributed by atoms with Crippen LogP contribution in [-0.4, -0.2) is 11.4 Å². The second-order valence-electron chi connectivity index (χ2n) is 5.34. The molecule has 1 saturated carbocycles. The second kappa shape index (κ2) is 5.09. The molecule has 0 aromatic heterocycles. The quantitative estimate of drug-likeness (QED) is 0.877. The van der Waals surface area contributed by atoms with E-state index in [1.54, 1.807) is 6.92 Å². The van der Waals surface area contributed by atoms with Crippen LogP contribution in [0.1, 0.15) is 36.8 Å². The molecule has 1 fully saturated rings. The van der Waals surface area contributed by atoms with Crippen molar-refractivity contribution in [3.63, 3.8) is 0 Å². The fraction of sp³-hybridized carbons (Fsp3) is 0.500. The summed E-state index contributed by atoms with van der Waals surface area (Å²) in [6, 6.07) is 3.29. The summed E-state index contributed by atoms with van der Waals surface area (Å²) in [6.07, 6.45) is -1.56. The first kappa shape index (κ1) is 14.8. The number of benzene rings is 1. The third kappa shape index (κ3) is 2.95. The largest absolute Gasteiger partial charge is 0.416 e. The fourth-order valence-electron chi connectivity index (χ4n) is 2.41. The summed E-state index contributed by atoms with van der Waals surface area (Å²) in [5, 5.41) is 2.54. The van der Waals surface area contributed by atoms with Gasteiger partial charge in [-0.05, 0) is 37.5 Å². The topological polar surface area (TPSA) is 55.1 Å². The van der Waals surface area contributed by atoms with Gasteiger partial charge in [-0.3, -0.25) is 4.79 Å². The van der Waals surface area contributed by atoms with E-state index in [-0.39, 0.29) is 5.69 Å². The number of carbonyl (C=O) groups is 1. The number of halogens is 3. The first-order valence-electron chi connectivity index (χ1n) is 6.50. The molecule has 0 unspecified atom stereocenters. The molecule has 0 atom stereocenters. The first-order valence-corrected chi connectivity index (χ1v) is 6.50. The second-order valence-corrected chi connectivity index (χ2v) is 5.34. The van der Waals surface area contributed by atoms with E-state index in [2.05, 4.69) is 5.32 Å². The van der Waals surface area contributed by atoms with Gasteiger partial charge >= 0.3 is 6.18 Å². The van der Waals surface area contributed by atoms with E-state index in [9.17, 15) is 18.0 Å². The molecule has 110 valence electrons. The van der Waals surface area contributed by atoms with Crippen LogP contribution in [0.3, 0.4) is 0 Å². The van der Waals surface area contributed by atoms with Gasteiger partial charge in [0.1, 0.15) is 0 Å². The summed E-state index contributed by atoms with van der Waals surface area (Å²) < 4.78 is 38.0. The predicted molar refractivity (Wildman–Crippen MR) is 70.2 cm³/mol. The fourth-order valence-corrected chi connectivity index (χ4v) is 2.41. The van der Waals surface area contributed by atoms with Crippen LogP contribution < -0.4 is 11.1 Å². The van der Waals surface area contributed by atoms with Gasteiger partial charge in [-0.25, -0.2) is 0 Å². The van der Waals surface area contributed by atoms with Crippen LogP contribution in [0, 0.1) is 6.92 Å². The van der Waals surface area contributed by atoms with Crippen molar-refractivity contribution in [3.05, 3.63) is 29.3 Å². The van der Waals surface area contributed by atoms with Crippen molar-refractivity contribution in [2.75, 3.05) is 5.32 Å². The minimum atomic E-state index is -4.43. The van der Waals surface area contributed by atoms with Crippen molar-refractivity contribution in [1.29, 1.82) is 0 Å². The summed E-state index contributed by atoms with van der Waals surface area (Å²) >= 11 is 0. The normalized spacial score (nSPS) is 18.1. The molecule has 1 amide bonds. The number of alkyl halides is 3. The number of hydrogen-bond donors (Lipinski definition) is 2. The van der Waals surface area contributed by atoms with E-state index < -0.39 is 23.2 Å². The molecule has 3 nitrogen and oxygen atoms in total. The van der Waals surface area contributed by atoms with Crippen LogP contribution in [0.5, 0.6) is 0 Å². The molecule has 6 heteroatoms. The Morgan fingerprint density at radius 1 is 1.30 bits per heavy atom. The Hall–Kier alpha value is -1.56. The molecule has 0 saturated heterocycles. The number of carbonyl (C=O) groups excluding carboxylic acids is 1. The molecular weight excluding hydrogens is 269 g/mol. The minimum Gasteiger partial charge on any atom is -0.324 e. The Bertz CT molecular complexity index is 520. The Balaban J connectivity index is 2.22. The average molecular weight is 286 g/mol. The summed E-state index contributed by atoms with van der Waals surface area (Å²) in [5.41, 5.74) is 5.00. The Kier molecular flexibility index (Phi) is 3.77. The molecule has 0 heterocycles. The van der Waals surface area contributed by atoms with Gasteiger partial charge in [0.05, 0.1) is 11.1 Å². The van der Waals surface area contributed by atoms with E-state index in [1.165, 1.54) is 6.07 Å². The molecule has 0 radical (unpaired) electrons. The number of aryl methyl sites for hydroxylation is 1. The van der Waals surface area contributed by atoms with E-state index in [0.717, 1.165) is 25.0 Å². The molecule has 0 spiro atoms. The number of amides is 1. The molecular formula is C14H17F3N2O. The maximum Gasteiger partial charge on any atom is 0.416 e. The highest BCUT2D eigenvalue weighted by molar-refractivity contribution is 5.98. The van der Waals surface area contributed by atoms with E-state index in [4.69, 9.17) is 5.73 Å². The summed E-state index contributed by atoms with van der Waals surface area (Å²) in [6.45, 7) is 1.65. The maximum atomic E-state index is 12.7. The van der Waals surface area contributed by atoms with E-state index >= 15 is 0 Å². The van der Waals surface area contributed by atoms with Crippen molar-refractivity contribution in [1.82, 2.24) is 0 Å². The Labute approximate surface area is 115 Å². The van der Waals surface area contributed by atoms with Gasteiger partial charge in [0, 0.05) is 5.69 Å². The van der Waals surface area contributed by atoms with Crippen LogP contribution in [0.15, 0.2) is 18.2 Å². The van der Waals surface area contributed by atoms with Gasteiger partial charge in [0.15, 0.2) is 0 Å². The summed E-state index contributed by atoms with van der Waals surface area (Å²) in [7, 11) is 0. The van der Waals surface area contributed by atoms with Crippen LogP contribution in [0.2, 0.25) is 0 Å². The molecule has 0 bridgehead atoms. The van der Waals surface area contributed by atoms with Crippen LogP contribution >= 0.6 is 0 Å². The third-order valence-corrected chi connectivity index (χ3v) is 3.76. The van der Waals surface area contributed by atoms with Gasteiger partial charge in [-0.2, -0.15) is 13.2 Å². The average Bonchev–Trinajstić information content (AvgIpc) is 2.79. The maximum absolute atomic E-state index is 12.7. The lowest BCUT2D eigenvalue weighted by Gasteiger charge is -2.23. The van der Waals surface area contributed by atoms with Crippen molar-refractivity contribution < 1.29 is 18.0 Å². The lowest BCUT2D eigenvalue weighted by atomic mass is 9.97. The highest BCUT2D eigenvalue weighted by Crippen LogP contribution is 2.33. The molecule has 1 aromatic rings. The lowest BCUT2D eigenvalue weighted by Crippen LogP contribution is -2.48. The van der Waals surface area contributed by atoms with Crippen LogP contribution in [-0.2, 0) is 11.0 Å².